The minimum atomic E-state index is 0.884. The van der Waals surface area contributed by atoms with Crippen LogP contribution in [0.5, 0.6) is 0 Å². The minimum absolute atomic E-state index is 0.884. The van der Waals surface area contributed by atoms with Crippen molar-refractivity contribution < 1.29 is 0 Å². The Morgan fingerprint density at radius 2 is 0.459 bits per heavy atom. The Labute approximate surface area is 376 Å². The molecule has 0 aliphatic rings. The van der Waals surface area contributed by atoms with Crippen molar-refractivity contribution in [3.05, 3.63) is 215 Å². The first-order valence-corrected chi connectivity index (χ1v) is 22.9. The first-order chi connectivity index (χ1) is 29.5. The van der Waals surface area contributed by atoms with Gasteiger partial charge >= 0.3 is 0 Å². The Hall–Kier alpha value is -5.46. The van der Waals surface area contributed by atoms with Crippen LogP contribution in [-0.4, -0.2) is 0 Å². The Balaban J connectivity index is 0. The van der Waals surface area contributed by atoms with Crippen LogP contribution in [0.4, 0.5) is 0 Å². The number of hydrogen-bond donors (Lipinski definition) is 0. The first-order valence-electron chi connectivity index (χ1n) is 22.9. The molecule has 0 bridgehead atoms. The van der Waals surface area contributed by atoms with Gasteiger partial charge in [-0.15, -0.1) is 0 Å². The lowest BCUT2D eigenvalue weighted by molar-refractivity contribution is 0.626. The monoisotopic (exact) mass is 817 g/mol. The van der Waals surface area contributed by atoms with Crippen LogP contribution in [-0.2, 0) is 0 Å². The van der Waals surface area contributed by atoms with E-state index in [0.29, 0.717) is 0 Å². The molecule has 0 unspecified atom stereocenters. The van der Waals surface area contributed by atoms with Crippen molar-refractivity contribution in [1.29, 1.82) is 0 Å². The van der Waals surface area contributed by atoms with Gasteiger partial charge in [-0.05, 0) is 79.8 Å². The number of fused-ring (bicyclic) bond motifs is 3. The second kappa shape index (κ2) is 37.5. The van der Waals surface area contributed by atoms with Gasteiger partial charge in [-0.2, -0.15) is 0 Å². The van der Waals surface area contributed by atoms with Gasteiger partial charge in [0.1, 0.15) is 0 Å². The van der Waals surface area contributed by atoms with Gasteiger partial charge in [0.15, 0.2) is 0 Å². The molecule has 0 saturated heterocycles. The molecule has 8 aromatic rings. The number of benzene rings is 8. The van der Waals surface area contributed by atoms with E-state index in [2.05, 4.69) is 208 Å². The Kier molecular flexibility index (Phi) is 35.5. The van der Waals surface area contributed by atoms with E-state index in [4.69, 9.17) is 0 Å². The van der Waals surface area contributed by atoms with E-state index in [1.807, 2.05) is 91.8 Å². The molecule has 0 heteroatoms. The van der Waals surface area contributed by atoms with Crippen molar-refractivity contribution in [2.45, 2.75) is 124 Å². The van der Waals surface area contributed by atoms with Crippen LogP contribution in [0, 0.1) is 47.5 Å². The zero-order valence-corrected chi connectivity index (χ0v) is 41.6. The lowest BCUT2D eigenvalue weighted by Crippen LogP contribution is -1.77. The number of rotatable bonds is 1. The van der Waals surface area contributed by atoms with E-state index < -0.39 is 0 Å². The highest BCUT2D eigenvalue weighted by Crippen LogP contribution is 2.17. The third-order valence-corrected chi connectivity index (χ3v) is 8.66. The van der Waals surface area contributed by atoms with E-state index in [-0.39, 0.29) is 0 Å². The smallest absolute Gasteiger partial charge is 0.0181 e. The molecule has 328 valence electrons. The highest BCUT2D eigenvalue weighted by atomic mass is 14.0. The van der Waals surface area contributed by atoms with E-state index in [1.54, 1.807) is 0 Å². The van der Waals surface area contributed by atoms with Gasteiger partial charge in [-0.25, -0.2) is 0 Å². The van der Waals surface area contributed by atoms with Crippen LogP contribution in [0.2, 0.25) is 0 Å². The van der Waals surface area contributed by atoms with Crippen molar-refractivity contribution in [3.63, 3.8) is 0 Å². The van der Waals surface area contributed by atoms with E-state index in [0.717, 1.165) is 5.92 Å². The topological polar surface area (TPSA) is 0 Å². The summed E-state index contributed by atoms with van der Waals surface area (Å²) in [5.74, 6) is 0.884. The molecule has 61 heavy (non-hydrogen) atoms. The average molecular weight is 817 g/mol. The van der Waals surface area contributed by atoms with Crippen molar-refractivity contribution in [3.8, 4) is 0 Å². The Morgan fingerprint density at radius 1 is 0.262 bits per heavy atom. The van der Waals surface area contributed by atoms with E-state index in [9.17, 15) is 0 Å². The highest BCUT2D eigenvalue weighted by Gasteiger charge is 1.93. The Bertz CT molecular complexity index is 2030. The van der Waals surface area contributed by atoms with Crippen LogP contribution in [0.1, 0.15) is 116 Å². The Morgan fingerprint density at radius 3 is 0.672 bits per heavy atom. The molecule has 8 aromatic carbocycles. The molecule has 0 atom stereocenters. The third kappa shape index (κ3) is 27.1. The lowest BCUT2D eigenvalue weighted by atomic mass is 10.1. The summed E-state index contributed by atoms with van der Waals surface area (Å²) < 4.78 is 0. The van der Waals surface area contributed by atoms with Gasteiger partial charge in [0, 0.05) is 0 Å². The molecule has 0 spiro atoms. The zero-order chi connectivity index (χ0) is 46.4. The molecule has 0 saturated carbocycles. The normalized spacial score (nSPS) is 8.95. The molecule has 0 nitrogen and oxygen atoms in total. The maximum atomic E-state index is 2.22. The third-order valence-electron chi connectivity index (χ3n) is 8.66. The molecule has 0 N–H and O–H groups in total. The molecular formula is C61H84. The van der Waals surface area contributed by atoms with Gasteiger partial charge in [-0.3, -0.25) is 0 Å². The first kappa shape index (κ1) is 57.6. The summed E-state index contributed by atoms with van der Waals surface area (Å²) in [7, 11) is 0. The van der Waals surface area contributed by atoms with Crippen LogP contribution in [0.15, 0.2) is 182 Å². The SMILES string of the molecule is CC.CC.CC.CC.CCC(C)C.Cc1ccc2cc(C)ccc2c1.Cc1ccc2ccccc2c1.Cc1ccc2ccccc2c1.Cc1ccccc1.Cc1ccccc1. The molecule has 0 radical (unpaired) electrons. The molecular weight excluding hydrogens is 733 g/mol. The summed E-state index contributed by atoms with van der Waals surface area (Å²) in [5.41, 5.74) is 7.94. The summed E-state index contributed by atoms with van der Waals surface area (Å²) in [6.45, 7) is 35.3. The van der Waals surface area contributed by atoms with Gasteiger partial charge in [0.2, 0.25) is 0 Å². The average Bonchev–Trinajstić information content (AvgIpc) is 3.30. The fourth-order valence-electron chi connectivity index (χ4n) is 5.17. The van der Waals surface area contributed by atoms with Crippen molar-refractivity contribution in [1.82, 2.24) is 0 Å². The van der Waals surface area contributed by atoms with Gasteiger partial charge < -0.3 is 0 Å². The second-order valence-corrected chi connectivity index (χ2v) is 14.2. The summed E-state index contributed by atoms with van der Waals surface area (Å²) in [6.07, 6.45) is 1.31. The summed E-state index contributed by atoms with van der Waals surface area (Å²) in [5, 5.41) is 7.96. The van der Waals surface area contributed by atoms with Gasteiger partial charge in [0.05, 0.1) is 0 Å². The van der Waals surface area contributed by atoms with Crippen LogP contribution in [0.25, 0.3) is 32.3 Å². The summed E-state index contributed by atoms with van der Waals surface area (Å²) in [6, 6.07) is 63.5. The fraction of sp³-hybridized carbons (Fsp3) is 0.311. The van der Waals surface area contributed by atoms with Crippen molar-refractivity contribution in [2.24, 2.45) is 5.92 Å². The predicted octanol–water partition coefficient (Wildman–Crippen LogP) is 19.9. The van der Waals surface area contributed by atoms with Crippen LogP contribution < -0.4 is 0 Å². The molecule has 0 heterocycles. The zero-order valence-electron chi connectivity index (χ0n) is 41.6. The number of aryl methyl sites for hydroxylation is 6. The molecule has 0 aliphatic carbocycles. The van der Waals surface area contributed by atoms with Gasteiger partial charge in [0.25, 0.3) is 0 Å². The largest absolute Gasteiger partial charge is 0.0683 e. The molecule has 0 amide bonds. The molecule has 0 aromatic heterocycles. The minimum Gasteiger partial charge on any atom is -0.0683 e. The van der Waals surface area contributed by atoms with Gasteiger partial charge in [-0.1, -0.05) is 298 Å². The fourth-order valence-corrected chi connectivity index (χ4v) is 5.17. The van der Waals surface area contributed by atoms with Crippen molar-refractivity contribution in [2.75, 3.05) is 0 Å². The predicted molar refractivity (Wildman–Crippen MR) is 284 cm³/mol. The number of hydrogen-bond acceptors (Lipinski definition) is 0. The van der Waals surface area contributed by atoms with E-state index >= 15 is 0 Å². The summed E-state index contributed by atoms with van der Waals surface area (Å²) >= 11 is 0. The lowest BCUT2D eigenvalue weighted by Gasteiger charge is -1.99. The standard InChI is InChI=1S/C12H12.2C11H10.2C7H8.C5H12.4C2H6/c1-9-3-5-12-8-10(2)4-6-11(12)7-9;2*1-9-6-7-10-4-2-3-5-11(10)8-9;2*1-7-5-3-2-4-6-7;1-4-5(2)3;4*1-2/h3-8H,1-2H3;2*2-8H,1H3;2*2-6H,1H3;5H,4H2,1-3H3;4*1-2H3. The molecule has 8 rings (SSSR count). The highest BCUT2D eigenvalue weighted by molar-refractivity contribution is 5.84. The van der Waals surface area contributed by atoms with E-state index in [1.165, 1.54) is 72.1 Å². The second-order valence-electron chi connectivity index (χ2n) is 14.2. The van der Waals surface area contributed by atoms with Crippen molar-refractivity contribution >= 4 is 32.3 Å². The van der Waals surface area contributed by atoms with Crippen LogP contribution in [0.3, 0.4) is 0 Å². The molecule has 0 aliphatic heterocycles. The summed E-state index contributed by atoms with van der Waals surface area (Å²) in [4.78, 5) is 0. The maximum absolute atomic E-state index is 2.22. The molecule has 0 fully saturated rings. The quantitative estimate of drug-likeness (QED) is 0.155. The van der Waals surface area contributed by atoms with Crippen LogP contribution >= 0.6 is 0 Å². The maximum Gasteiger partial charge on any atom is -0.0181 e.